The van der Waals surface area contributed by atoms with Gasteiger partial charge < -0.3 is 5.73 Å². The highest BCUT2D eigenvalue weighted by Gasteiger charge is 1.96. The Labute approximate surface area is 53.5 Å². The van der Waals surface area contributed by atoms with Crippen molar-refractivity contribution in [3.05, 3.63) is 12.2 Å². The SMILES string of the molecule is CCC(N)CC=C(F)F. The molecule has 0 aliphatic heterocycles. The van der Waals surface area contributed by atoms with Crippen molar-refractivity contribution in [1.82, 2.24) is 0 Å². The molecular weight excluding hydrogens is 124 g/mol. The summed E-state index contributed by atoms with van der Waals surface area (Å²) in [5, 5.41) is 0. The second-order valence-electron chi connectivity index (χ2n) is 1.90. The van der Waals surface area contributed by atoms with Crippen LogP contribution in [-0.4, -0.2) is 6.04 Å². The summed E-state index contributed by atoms with van der Waals surface area (Å²) < 4.78 is 22.7. The standard InChI is InChI=1S/C6H11F2N/c1-2-5(9)3-4-6(7)8/h4-5H,2-3,9H2,1H3. The highest BCUT2D eigenvalue weighted by Crippen LogP contribution is 2.01. The van der Waals surface area contributed by atoms with Crippen molar-refractivity contribution in [3.8, 4) is 0 Å². The molecule has 0 saturated carbocycles. The zero-order chi connectivity index (χ0) is 7.28. The van der Waals surface area contributed by atoms with Crippen LogP contribution >= 0.6 is 0 Å². The molecule has 0 fully saturated rings. The van der Waals surface area contributed by atoms with Crippen LogP contribution in [0, 0.1) is 0 Å². The van der Waals surface area contributed by atoms with Gasteiger partial charge in [-0.2, -0.15) is 8.78 Å². The fourth-order valence-corrected chi connectivity index (χ4v) is 0.407. The van der Waals surface area contributed by atoms with Gasteiger partial charge in [0.05, 0.1) is 0 Å². The third kappa shape index (κ3) is 5.43. The Morgan fingerprint density at radius 2 is 2.22 bits per heavy atom. The summed E-state index contributed by atoms with van der Waals surface area (Å²) in [4.78, 5) is 0. The van der Waals surface area contributed by atoms with Crippen molar-refractivity contribution >= 4 is 0 Å². The number of halogens is 2. The Kier molecular flexibility index (Phi) is 4.22. The molecule has 0 heterocycles. The molecule has 0 rings (SSSR count). The lowest BCUT2D eigenvalue weighted by atomic mass is 10.2. The van der Waals surface area contributed by atoms with Gasteiger partial charge in [-0.15, -0.1) is 0 Å². The number of hydrogen-bond acceptors (Lipinski definition) is 1. The van der Waals surface area contributed by atoms with Gasteiger partial charge in [0.1, 0.15) is 0 Å². The van der Waals surface area contributed by atoms with Crippen LogP contribution in [0.4, 0.5) is 8.78 Å². The fraction of sp³-hybridized carbons (Fsp3) is 0.667. The second-order valence-corrected chi connectivity index (χ2v) is 1.90. The van der Waals surface area contributed by atoms with E-state index in [1.165, 1.54) is 0 Å². The molecule has 0 radical (unpaired) electrons. The third-order valence-corrected chi connectivity index (χ3v) is 1.10. The van der Waals surface area contributed by atoms with Gasteiger partial charge in [0, 0.05) is 6.04 Å². The summed E-state index contributed by atoms with van der Waals surface area (Å²) in [7, 11) is 0. The Balaban J connectivity index is 3.37. The first-order valence-electron chi connectivity index (χ1n) is 2.93. The maximum atomic E-state index is 11.3. The molecule has 0 spiro atoms. The molecule has 0 aromatic heterocycles. The lowest BCUT2D eigenvalue weighted by Gasteiger charge is -2.01. The molecule has 0 saturated heterocycles. The van der Waals surface area contributed by atoms with Gasteiger partial charge in [-0.1, -0.05) is 6.92 Å². The van der Waals surface area contributed by atoms with E-state index in [-0.39, 0.29) is 12.5 Å². The van der Waals surface area contributed by atoms with E-state index in [0.29, 0.717) is 0 Å². The first-order valence-corrected chi connectivity index (χ1v) is 2.93. The maximum absolute atomic E-state index is 11.3. The van der Waals surface area contributed by atoms with Gasteiger partial charge in [0.15, 0.2) is 0 Å². The molecular formula is C6H11F2N. The number of hydrogen-bond donors (Lipinski definition) is 1. The molecule has 1 atom stereocenters. The van der Waals surface area contributed by atoms with E-state index in [0.717, 1.165) is 12.5 Å². The van der Waals surface area contributed by atoms with E-state index in [4.69, 9.17) is 5.73 Å². The number of rotatable bonds is 3. The summed E-state index contributed by atoms with van der Waals surface area (Å²) in [6.07, 6.45) is 0.232. The molecule has 54 valence electrons. The van der Waals surface area contributed by atoms with E-state index in [9.17, 15) is 8.78 Å². The highest BCUT2D eigenvalue weighted by atomic mass is 19.3. The van der Waals surface area contributed by atoms with Crippen molar-refractivity contribution in [2.75, 3.05) is 0 Å². The molecule has 3 heteroatoms. The summed E-state index contributed by atoms with van der Waals surface area (Å²) in [5.41, 5.74) is 5.34. The molecule has 2 N–H and O–H groups in total. The zero-order valence-corrected chi connectivity index (χ0v) is 5.40. The van der Waals surface area contributed by atoms with Crippen LogP contribution in [0.5, 0.6) is 0 Å². The number of nitrogens with two attached hydrogens (primary N) is 1. The molecule has 9 heavy (non-hydrogen) atoms. The highest BCUT2D eigenvalue weighted by molar-refractivity contribution is 4.83. The predicted octanol–water partition coefficient (Wildman–Crippen LogP) is 1.89. The van der Waals surface area contributed by atoms with E-state index in [1.54, 1.807) is 0 Å². The zero-order valence-electron chi connectivity index (χ0n) is 5.40. The predicted molar refractivity (Wildman–Crippen MR) is 33.2 cm³/mol. The van der Waals surface area contributed by atoms with Gasteiger partial charge in [-0.05, 0) is 18.9 Å². The van der Waals surface area contributed by atoms with Crippen molar-refractivity contribution in [2.45, 2.75) is 25.8 Å². The molecule has 1 unspecified atom stereocenters. The van der Waals surface area contributed by atoms with Gasteiger partial charge in [-0.25, -0.2) is 0 Å². The Bertz CT molecular complexity index is 97.2. The Morgan fingerprint density at radius 3 is 2.56 bits per heavy atom. The maximum Gasteiger partial charge on any atom is 0.266 e. The summed E-state index contributed by atoms with van der Waals surface area (Å²) >= 11 is 0. The average Bonchev–Trinajstić information content (AvgIpc) is 1.83. The van der Waals surface area contributed by atoms with Crippen LogP contribution in [0.2, 0.25) is 0 Å². The normalized spacial score (nSPS) is 12.9. The van der Waals surface area contributed by atoms with Crippen molar-refractivity contribution < 1.29 is 8.78 Å². The largest absolute Gasteiger partial charge is 0.327 e. The molecule has 0 aromatic carbocycles. The summed E-state index contributed by atoms with van der Waals surface area (Å²) in [6.45, 7) is 1.87. The lowest BCUT2D eigenvalue weighted by Crippen LogP contribution is -2.16. The van der Waals surface area contributed by atoms with E-state index >= 15 is 0 Å². The molecule has 0 bridgehead atoms. The van der Waals surface area contributed by atoms with Gasteiger partial charge >= 0.3 is 0 Å². The van der Waals surface area contributed by atoms with Crippen molar-refractivity contribution in [3.63, 3.8) is 0 Å². The van der Waals surface area contributed by atoms with E-state index in [2.05, 4.69) is 0 Å². The van der Waals surface area contributed by atoms with Gasteiger partial charge in [0.2, 0.25) is 0 Å². The minimum absolute atomic E-state index is 0.119. The van der Waals surface area contributed by atoms with Crippen LogP contribution in [0.1, 0.15) is 19.8 Å². The molecule has 1 nitrogen and oxygen atoms in total. The smallest absolute Gasteiger partial charge is 0.266 e. The molecule has 0 aliphatic rings. The minimum Gasteiger partial charge on any atom is -0.327 e. The third-order valence-electron chi connectivity index (χ3n) is 1.10. The van der Waals surface area contributed by atoms with Crippen molar-refractivity contribution in [1.29, 1.82) is 0 Å². The second kappa shape index (κ2) is 4.44. The van der Waals surface area contributed by atoms with Crippen molar-refractivity contribution in [2.24, 2.45) is 5.73 Å². The van der Waals surface area contributed by atoms with Crippen LogP contribution in [-0.2, 0) is 0 Å². The molecule has 0 aliphatic carbocycles. The first kappa shape index (κ1) is 8.56. The van der Waals surface area contributed by atoms with Crippen LogP contribution < -0.4 is 5.73 Å². The van der Waals surface area contributed by atoms with Crippen LogP contribution in [0.15, 0.2) is 12.2 Å². The summed E-state index contributed by atoms with van der Waals surface area (Å²) in [5.74, 6) is 0. The van der Waals surface area contributed by atoms with Gasteiger partial charge in [0.25, 0.3) is 6.08 Å². The molecule has 0 amide bonds. The lowest BCUT2D eigenvalue weighted by molar-refractivity contribution is 0.415. The average molecular weight is 135 g/mol. The summed E-state index contributed by atoms with van der Waals surface area (Å²) in [6, 6.07) is -0.119. The van der Waals surface area contributed by atoms with Crippen LogP contribution in [0.25, 0.3) is 0 Å². The monoisotopic (exact) mass is 135 g/mol. The molecule has 0 aromatic rings. The topological polar surface area (TPSA) is 26.0 Å². The quantitative estimate of drug-likeness (QED) is 0.628. The Morgan fingerprint density at radius 1 is 1.67 bits per heavy atom. The Hall–Kier alpha value is -0.440. The first-order chi connectivity index (χ1) is 4.16. The minimum atomic E-state index is -1.64. The van der Waals surface area contributed by atoms with Crippen LogP contribution in [0.3, 0.4) is 0 Å². The van der Waals surface area contributed by atoms with E-state index < -0.39 is 6.08 Å². The van der Waals surface area contributed by atoms with Gasteiger partial charge in [-0.3, -0.25) is 0 Å². The van der Waals surface area contributed by atoms with E-state index in [1.807, 2.05) is 6.92 Å². The fourth-order valence-electron chi connectivity index (χ4n) is 0.407.